The average molecular weight is 769 g/mol. The molecule has 0 aliphatic rings. The second kappa shape index (κ2) is 13.2. The number of rotatable bonds is 5. The van der Waals surface area contributed by atoms with Crippen molar-refractivity contribution in [1.82, 2.24) is 9.13 Å². The van der Waals surface area contributed by atoms with E-state index in [1.54, 1.807) is 48.5 Å². The monoisotopic (exact) mass is 768 g/mol. The summed E-state index contributed by atoms with van der Waals surface area (Å²) in [6.45, 7) is 6.34. The van der Waals surface area contributed by atoms with Crippen LogP contribution in [0.1, 0.15) is 47.4 Å². The zero-order valence-corrected chi connectivity index (χ0v) is 29.2. The van der Waals surface area contributed by atoms with Crippen molar-refractivity contribution < 1.29 is 39.5 Å². The molecule has 4 nitrogen and oxygen atoms in total. The Kier molecular flexibility index (Phi) is 8.88. The van der Waals surface area contributed by atoms with Crippen LogP contribution >= 0.6 is 0 Å². The lowest BCUT2D eigenvalue weighted by Gasteiger charge is -2.23. The molecule has 0 aliphatic heterocycles. The summed E-state index contributed by atoms with van der Waals surface area (Å²) in [5, 5.41) is 22.5. The van der Waals surface area contributed by atoms with Crippen LogP contribution in [-0.2, 0) is 12.4 Å². The highest BCUT2D eigenvalue weighted by atomic mass is 19.4. The van der Waals surface area contributed by atoms with Gasteiger partial charge in [0.25, 0.3) is 0 Å². The molecular weight excluding hydrogens is 743 g/mol. The minimum Gasteiger partial charge on any atom is -0.308 e. The topological polar surface area (TPSA) is 57.4 Å². The van der Waals surface area contributed by atoms with Gasteiger partial charge in [0, 0.05) is 38.4 Å². The molecular formula is C43H25F9N4. The lowest BCUT2D eigenvalue weighted by molar-refractivity contribution is -0.138. The van der Waals surface area contributed by atoms with E-state index in [9.17, 15) is 50.0 Å². The van der Waals surface area contributed by atoms with Crippen LogP contribution < -0.4 is 0 Å². The van der Waals surface area contributed by atoms with Gasteiger partial charge >= 0.3 is 18.5 Å². The summed E-state index contributed by atoms with van der Waals surface area (Å²) in [5.41, 5.74) is -4.86. The molecule has 56 heavy (non-hydrogen) atoms. The number of aromatic nitrogens is 2. The van der Waals surface area contributed by atoms with Crippen LogP contribution in [0.4, 0.5) is 39.5 Å². The first-order valence-corrected chi connectivity index (χ1v) is 16.7. The van der Waals surface area contributed by atoms with Crippen LogP contribution in [0, 0.1) is 22.7 Å². The number of hydrogen-bond donors (Lipinski definition) is 0. The van der Waals surface area contributed by atoms with Gasteiger partial charge in [-0.05, 0) is 68.0 Å². The summed E-state index contributed by atoms with van der Waals surface area (Å²) in [6, 6.07) is 25.1. The van der Waals surface area contributed by atoms with Crippen molar-refractivity contribution in [3.05, 3.63) is 143 Å². The highest BCUT2D eigenvalue weighted by molar-refractivity contribution is 6.10. The van der Waals surface area contributed by atoms with E-state index in [-0.39, 0.29) is 44.8 Å². The van der Waals surface area contributed by atoms with Crippen LogP contribution in [-0.4, -0.2) is 15.3 Å². The quantitative estimate of drug-likeness (QED) is 0.164. The Balaban J connectivity index is 1.77. The third-order valence-corrected chi connectivity index (χ3v) is 9.63. The van der Waals surface area contributed by atoms with Crippen molar-refractivity contribution in [2.24, 2.45) is 0 Å². The molecule has 0 N–H and O–H groups in total. The molecule has 0 unspecified atom stereocenters. The maximum Gasteiger partial charge on any atom is 0.417 e. The molecule has 0 spiro atoms. The maximum atomic E-state index is 14.9. The summed E-state index contributed by atoms with van der Waals surface area (Å²) in [7, 11) is 0. The summed E-state index contributed by atoms with van der Waals surface area (Å²) in [6.07, 6.45) is -13.9. The Bertz CT molecular complexity index is 2890. The predicted molar refractivity (Wildman–Crippen MR) is 197 cm³/mol. The van der Waals surface area contributed by atoms with Crippen LogP contribution in [0.15, 0.2) is 109 Å². The Hall–Kier alpha value is -6.73. The van der Waals surface area contributed by atoms with E-state index in [0.29, 0.717) is 21.7 Å². The highest BCUT2D eigenvalue weighted by Gasteiger charge is 2.38. The average Bonchev–Trinajstić information content (AvgIpc) is 3.64. The van der Waals surface area contributed by atoms with Gasteiger partial charge in [-0.25, -0.2) is 0 Å². The van der Waals surface area contributed by atoms with Crippen molar-refractivity contribution in [3.63, 3.8) is 0 Å². The van der Waals surface area contributed by atoms with Gasteiger partial charge in [-0.2, -0.15) is 50.0 Å². The molecule has 280 valence electrons. The lowest BCUT2D eigenvalue weighted by atomic mass is 9.90. The standard InChI is InChI=1S/C43H25F9N4/c1-23(2)38-29-11-5-7-14-34(29)56(37(38)19-24(3)41(44,45)46)40-30(39-25(21-53)9-8-12-32(39)43(50,51)52)17-18-35(31(40)22-54)55-33-13-6-4-10-27(33)28-16-15-26(20-36(28)55)42(47,48)49/h4-20H,1H2,2-3H3/b24-19+. The molecule has 2 heterocycles. The summed E-state index contributed by atoms with van der Waals surface area (Å²) < 4.78 is 133. The fraction of sp³-hybridized carbons (Fsp3) is 0.116. The zero-order chi connectivity index (χ0) is 40.5. The van der Waals surface area contributed by atoms with Crippen LogP contribution in [0.3, 0.4) is 0 Å². The first kappa shape index (κ1) is 37.6. The van der Waals surface area contributed by atoms with E-state index in [2.05, 4.69) is 12.6 Å². The van der Waals surface area contributed by atoms with Crippen molar-refractivity contribution in [1.29, 1.82) is 10.5 Å². The van der Waals surface area contributed by atoms with E-state index in [1.807, 2.05) is 0 Å². The summed E-state index contributed by atoms with van der Waals surface area (Å²) in [4.78, 5) is 0. The van der Waals surface area contributed by atoms with Crippen molar-refractivity contribution in [2.75, 3.05) is 0 Å². The maximum absolute atomic E-state index is 14.9. The fourth-order valence-corrected chi connectivity index (χ4v) is 7.26. The number of fused-ring (bicyclic) bond motifs is 4. The summed E-state index contributed by atoms with van der Waals surface area (Å²) >= 11 is 0. The number of alkyl halides is 9. The van der Waals surface area contributed by atoms with Gasteiger partial charge in [0.2, 0.25) is 0 Å². The molecule has 7 rings (SSSR count). The molecule has 5 aromatic carbocycles. The molecule has 7 aromatic rings. The number of benzene rings is 5. The minimum absolute atomic E-state index is 0.00217. The molecule has 0 amide bonds. The Morgan fingerprint density at radius 3 is 1.88 bits per heavy atom. The molecule has 0 saturated heterocycles. The number of nitrogens with zero attached hydrogens (tertiary/aromatic N) is 4. The van der Waals surface area contributed by atoms with Gasteiger partial charge in [-0.1, -0.05) is 61.2 Å². The number of allylic oxidation sites excluding steroid dienone is 2. The Morgan fingerprint density at radius 2 is 1.29 bits per heavy atom. The molecule has 0 atom stereocenters. The SMILES string of the molecule is C=C(C)c1c(/C=C(\C)C(F)(F)F)n(-c2c(-c3c(C#N)cccc3C(F)(F)F)ccc(-n3c4ccccc4c4ccc(C(F)(F)F)cc43)c2C#N)c2ccccc12. The van der Waals surface area contributed by atoms with Gasteiger partial charge < -0.3 is 9.13 Å². The smallest absolute Gasteiger partial charge is 0.308 e. The molecule has 13 heteroatoms. The van der Waals surface area contributed by atoms with Gasteiger partial charge in [-0.15, -0.1) is 0 Å². The van der Waals surface area contributed by atoms with E-state index in [4.69, 9.17) is 0 Å². The van der Waals surface area contributed by atoms with Gasteiger partial charge in [0.05, 0.1) is 56.4 Å². The van der Waals surface area contributed by atoms with Crippen molar-refractivity contribution in [2.45, 2.75) is 32.4 Å². The lowest BCUT2D eigenvalue weighted by Crippen LogP contribution is -2.13. The number of halogens is 9. The Labute approximate surface area is 312 Å². The summed E-state index contributed by atoms with van der Waals surface area (Å²) in [5.74, 6) is 0. The van der Waals surface area contributed by atoms with E-state index in [1.165, 1.54) is 40.3 Å². The minimum atomic E-state index is -5.05. The molecule has 0 fully saturated rings. The molecule has 2 aromatic heterocycles. The molecule has 0 aliphatic carbocycles. The van der Waals surface area contributed by atoms with E-state index in [0.717, 1.165) is 43.3 Å². The number of para-hydroxylation sites is 2. The Morgan fingerprint density at radius 1 is 0.661 bits per heavy atom. The van der Waals surface area contributed by atoms with Crippen LogP contribution in [0.2, 0.25) is 0 Å². The first-order chi connectivity index (χ1) is 26.4. The number of hydrogen-bond acceptors (Lipinski definition) is 2. The largest absolute Gasteiger partial charge is 0.417 e. The van der Waals surface area contributed by atoms with E-state index < -0.39 is 51.9 Å². The van der Waals surface area contributed by atoms with Crippen LogP contribution in [0.5, 0.6) is 0 Å². The van der Waals surface area contributed by atoms with Crippen molar-refractivity contribution >= 4 is 44.4 Å². The second-order valence-electron chi connectivity index (χ2n) is 13.1. The fourth-order valence-electron chi connectivity index (χ4n) is 7.26. The molecule has 0 bridgehead atoms. The van der Waals surface area contributed by atoms with E-state index >= 15 is 0 Å². The zero-order valence-electron chi connectivity index (χ0n) is 29.2. The molecule has 0 saturated carbocycles. The van der Waals surface area contributed by atoms with Crippen molar-refractivity contribution in [3.8, 4) is 34.6 Å². The highest BCUT2D eigenvalue weighted by Crippen LogP contribution is 2.47. The normalized spacial score (nSPS) is 12.7. The third-order valence-electron chi connectivity index (χ3n) is 9.63. The van der Waals surface area contributed by atoms with Gasteiger partial charge in [0.15, 0.2) is 0 Å². The van der Waals surface area contributed by atoms with Gasteiger partial charge in [0.1, 0.15) is 11.6 Å². The third kappa shape index (κ3) is 6.06. The molecule has 0 radical (unpaired) electrons. The van der Waals surface area contributed by atoms with Crippen LogP contribution in [0.25, 0.3) is 66.9 Å². The number of nitriles is 2. The van der Waals surface area contributed by atoms with Gasteiger partial charge in [-0.3, -0.25) is 0 Å². The second-order valence-corrected chi connectivity index (χ2v) is 13.1. The predicted octanol–water partition coefficient (Wildman–Crippen LogP) is 13.2. The first-order valence-electron chi connectivity index (χ1n) is 16.7.